The summed E-state index contributed by atoms with van der Waals surface area (Å²) in [5.74, 6) is 0.976. The van der Waals surface area contributed by atoms with Gasteiger partial charge >= 0.3 is 0 Å². The summed E-state index contributed by atoms with van der Waals surface area (Å²) in [5.41, 5.74) is 2.59. The van der Waals surface area contributed by atoms with Gasteiger partial charge in [-0.2, -0.15) is 0 Å². The normalized spacial score (nSPS) is 12.4. The minimum absolute atomic E-state index is 0.475. The lowest BCUT2D eigenvalue weighted by molar-refractivity contribution is 0.411. The average molecular weight is 341 g/mol. The lowest BCUT2D eigenvalue weighted by atomic mass is 10.0. The summed E-state index contributed by atoms with van der Waals surface area (Å²) in [6.07, 6.45) is 10.8. The number of hydrogen-bond donors (Lipinski definition) is 0. The molecule has 1 unspecified atom stereocenters. The Labute approximate surface area is 133 Å². The Morgan fingerprint density at radius 1 is 1.05 bits per heavy atom. The fraction of sp³-hybridized carbons (Fsp3) is 0.667. The minimum atomic E-state index is 0.475. The van der Waals surface area contributed by atoms with Crippen LogP contribution >= 0.6 is 15.9 Å². The lowest BCUT2D eigenvalue weighted by Crippen LogP contribution is -1.94. The molecule has 114 valence electrons. The van der Waals surface area contributed by atoms with Crippen molar-refractivity contribution < 1.29 is 4.74 Å². The first-order chi connectivity index (χ1) is 9.69. The highest BCUT2D eigenvalue weighted by molar-refractivity contribution is 9.09. The van der Waals surface area contributed by atoms with Crippen LogP contribution in [0.4, 0.5) is 0 Å². The van der Waals surface area contributed by atoms with E-state index in [1.54, 1.807) is 7.11 Å². The monoisotopic (exact) mass is 340 g/mol. The third-order valence-corrected chi connectivity index (χ3v) is 4.83. The van der Waals surface area contributed by atoms with Crippen molar-refractivity contribution in [3.8, 4) is 5.75 Å². The van der Waals surface area contributed by atoms with E-state index >= 15 is 0 Å². The van der Waals surface area contributed by atoms with Crippen LogP contribution in [0, 0.1) is 6.92 Å². The maximum absolute atomic E-state index is 5.31. The summed E-state index contributed by atoms with van der Waals surface area (Å²) >= 11 is 3.82. The SMILES string of the molecule is CCCCCCCCCC(Br)c1ccc(OC)c(C)c1. The van der Waals surface area contributed by atoms with E-state index in [-0.39, 0.29) is 0 Å². The molecule has 0 saturated carbocycles. The highest BCUT2D eigenvalue weighted by Gasteiger charge is 2.09. The molecule has 0 aliphatic heterocycles. The summed E-state index contributed by atoms with van der Waals surface area (Å²) in [4.78, 5) is 0.475. The quantitative estimate of drug-likeness (QED) is 0.345. The van der Waals surface area contributed by atoms with Crippen molar-refractivity contribution in [2.75, 3.05) is 7.11 Å². The van der Waals surface area contributed by atoms with Gasteiger partial charge in [0.15, 0.2) is 0 Å². The predicted molar refractivity (Wildman–Crippen MR) is 92.0 cm³/mol. The zero-order valence-corrected chi connectivity index (χ0v) is 14.8. The van der Waals surface area contributed by atoms with Crippen LogP contribution in [0.2, 0.25) is 0 Å². The van der Waals surface area contributed by atoms with Gasteiger partial charge in [0.2, 0.25) is 0 Å². The molecule has 0 heterocycles. The van der Waals surface area contributed by atoms with Gasteiger partial charge in [-0.15, -0.1) is 0 Å². The highest BCUT2D eigenvalue weighted by atomic mass is 79.9. The smallest absolute Gasteiger partial charge is 0.121 e. The van der Waals surface area contributed by atoms with Crippen LogP contribution in [0.1, 0.15) is 74.2 Å². The van der Waals surface area contributed by atoms with Crippen molar-refractivity contribution >= 4 is 15.9 Å². The van der Waals surface area contributed by atoms with E-state index < -0.39 is 0 Å². The number of methoxy groups -OCH3 is 1. The molecule has 1 aromatic carbocycles. The van der Waals surface area contributed by atoms with Crippen molar-refractivity contribution in [1.82, 2.24) is 0 Å². The molecule has 0 radical (unpaired) electrons. The van der Waals surface area contributed by atoms with Crippen molar-refractivity contribution in [2.45, 2.75) is 70.0 Å². The van der Waals surface area contributed by atoms with Gasteiger partial charge in [-0.3, -0.25) is 0 Å². The fourth-order valence-electron chi connectivity index (χ4n) is 2.54. The first-order valence-electron chi connectivity index (χ1n) is 7.97. The lowest BCUT2D eigenvalue weighted by Gasteiger charge is -2.12. The largest absolute Gasteiger partial charge is 0.496 e. The molecule has 0 bridgehead atoms. The molecule has 0 amide bonds. The van der Waals surface area contributed by atoms with Crippen molar-refractivity contribution in [2.24, 2.45) is 0 Å². The maximum Gasteiger partial charge on any atom is 0.121 e. The van der Waals surface area contributed by atoms with Crippen LogP contribution in [0.25, 0.3) is 0 Å². The Bertz CT molecular complexity index is 376. The summed E-state index contributed by atoms with van der Waals surface area (Å²) in [7, 11) is 1.73. The van der Waals surface area contributed by atoms with Gasteiger partial charge in [-0.1, -0.05) is 79.9 Å². The molecule has 2 heteroatoms. The highest BCUT2D eigenvalue weighted by Crippen LogP contribution is 2.31. The Kier molecular flexibility index (Phi) is 9.00. The van der Waals surface area contributed by atoms with Crippen LogP contribution in [0.5, 0.6) is 5.75 Å². The second-order valence-corrected chi connectivity index (χ2v) is 6.71. The average Bonchev–Trinajstić information content (AvgIpc) is 2.46. The van der Waals surface area contributed by atoms with E-state index in [1.807, 2.05) is 0 Å². The van der Waals surface area contributed by atoms with Crippen molar-refractivity contribution in [3.63, 3.8) is 0 Å². The summed E-state index contributed by atoms with van der Waals surface area (Å²) in [6, 6.07) is 6.48. The number of alkyl halides is 1. The zero-order chi connectivity index (χ0) is 14.8. The molecule has 0 aliphatic carbocycles. The van der Waals surface area contributed by atoms with E-state index in [0.717, 1.165) is 5.75 Å². The Hall–Kier alpha value is -0.500. The van der Waals surface area contributed by atoms with Gasteiger partial charge in [-0.05, 0) is 30.5 Å². The molecule has 1 nitrogen and oxygen atoms in total. The van der Waals surface area contributed by atoms with Gasteiger partial charge in [0, 0.05) is 4.83 Å². The number of rotatable bonds is 10. The second kappa shape index (κ2) is 10.3. The van der Waals surface area contributed by atoms with Crippen LogP contribution in [0.3, 0.4) is 0 Å². The van der Waals surface area contributed by atoms with Gasteiger partial charge in [-0.25, -0.2) is 0 Å². The minimum Gasteiger partial charge on any atom is -0.496 e. The molecule has 0 aromatic heterocycles. The Morgan fingerprint density at radius 3 is 2.30 bits per heavy atom. The third-order valence-electron chi connectivity index (χ3n) is 3.84. The molecule has 0 saturated heterocycles. The first-order valence-corrected chi connectivity index (χ1v) is 8.89. The van der Waals surface area contributed by atoms with Crippen molar-refractivity contribution in [1.29, 1.82) is 0 Å². The molecule has 0 fully saturated rings. The number of halogens is 1. The molecule has 1 aromatic rings. The molecular weight excluding hydrogens is 312 g/mol. The molecule has 0 spiro atoms. The molecular formula is C18H29BrO. The zero-order valence-electron chi connectivity index (χ0n) is 13.3. The number of aryl methyl sites for hydroxylation is 1. The van der Waals surface area contributed by atoms with Crippen LogP contribution in [-0.2, 0) is 0 Å². The van der Waals surface area contributed by atoms with Gasteiger partial charge in [0.25, 0.3) is 0 Å². The van der Waals surface area contributed by atoms with E-state index in [2.05, 4.69) is 48.0 Å². The number of ether oxygens (including phenoxy) is 1. The summed E-state index contributed by atoms with van der Waals surface area (Å²) in [6.45, 7) is 4.38. The standard InChI is InChI=1S/C18H29BrO/c1-4-5-6-7-8-9-10-11-17(19)16-12-13-18(20-3)15(2)14-16/h12-14,17H,4-11H2,1-3H3. The second-order valence-electron chi connectivity index (χ2n) is 5.61. The van der Waals surface area contributed by atoms with E-state index in [9.17, 15) is 0 Å². The van der Waals surface area contributed by atoms with Crippen LogP contribution in [0.15, 0.2) is 18.2 Å². The Morgan fingerprint density at radius 2 is 1.70 bits per heavy atom. The molecule has 1 rings (SSSR count). The molecule has 0 N–H and O–H groups in total. The number of unbranched alkanes of at least 4 members (excludes halogenated alkanes) is 6. The van der Waals surface area contributed by atoms with Crippen LogP contribution in [-0.4, -0.2) is 7.11 Å². The number of benzene rings is 1. The fourth-order valence-corrected chi connectivity index (χ4v) is 3.15. The Balaban J connectivity index is 2.25. The van der Waals surface area contributed by atoms with Gasteiger partial charge in [0.1, 0.15) is 5.75 Å². The first kappa shape index (κ1) is 17.6. The van der Waals surface area contributed by atoms with Crippen LogP contribution < -0.4 is 4.74 Å². The topological polar surface area (TPSA) is 9.23 Å². The summed E-state index contributed by atoms with van der Waals surface area (Å²) in [5, 5.41) is 0. The molecule has 0 aliphatic rings. The summed E-state index contributed by atoms with van der Waals surface area (Å²) < 4.78 is 5.31. The van der Waals surface area contributed by atoms with E-state index in [0.29, 0.717) is 4.83 Å². The van der Waals surface area contributed by atoms with E-state index in [4.69, 9.17) is 4.74 Å². The number of hydrogen-bond acceptors (Lipinski definition) is 1. The third kappa shape index (κ3) is 6.30. The maximum atomic E-state index is 5.31. The van der Waals surface area contributed by atoms with Crippen molar-refractivity contribution in [3.05, 3.63) is 29.3 Å². The van der Waals surface area contributed by atoms with Gasteiger partial charge < -0.3 is 4.74 Å². The van der Waals surface area contributed by atoms with E-state index in [1.165, 1.54) is 62.5 Å². The molecule has 1 atom stereocenters. The predicted octanol–water partition coefficient (Wildman–Crippen LogP) is 6.58. The van der Waals surface area contributed by atoms with Gasteiger partial charge in [0.05, 0.1) is 7.11 Å². The molecule has 20 heavy (non-hydrogen) atoms.